The number of hydrogen-bond acceptors (Lipinski definition) is 7. The first-order valence-electron chi connectivity index (χ1n) is 14.4. The molecule has 0 bridgehead atoms. The van der Waals surface area contributed by atoms with Gasteiger partial charge in [-0.3, -0.25) is 4.79 Å². The van der Waals surface area contributed by atoms with Gasteiger partial charge in [0, 0.05) is 28.3 Å². The number of hydrogen-bond donors (Lipinski definition) is 3. The first kappa shape index (κ1) is 31.9. The molecular formula is C33H39N5O6. The van der Waals surface area contributed by atoms with E-state index in [1.54, 1.807) is 38.3 Å². The van der Waals surface area contributed by atoms with Gasteiger partial charge in [-0.25, -0.2) is 15.0 Å². The van der Waals surface area contributed by atoms with E-state index in [0.29, 0.717) is 28.7 Å². The van der Waals surface area contributed by atoms with E-state index in [4.69, 9.17) is 14.2 Å². The fourth-order valence-corrected chi connectivity index (χ4v) is 5.08. The number of aryl methyl sites for hydroxylation is 1. The van der Waals surface area contributed by atoms with E-state index >= 15 is 0 Å². The van der Waals surface area contributed by atoms with Gasteiger partial charge >= 0.3 is 12.0 Å². The normalized spacial score (nSPS) is 14.8. The lowest BCUT2D eigenvalue weighted by Crippen LogP contribution is -2.45. The molecule has 4 rings (SSSR count). The Balaban J connectivity index is 1.41. The van der Waals surface area contributed by atoms with Crippen molar-refractivity contribution in [1.82, 2.24) is 20.6 Å². The van der Waals surface area contributed by atoms with Crippen molar-refractivity contribution in [3.05, 3.63) is 87.9 Å². The molecular weight excluding hydrogens is 562 g/mol. The quantitative estimate of drug-likeness (QED) is 0.162. The van der Waals surface area contributed by atoms with Crippen LogP contribution in [0, 0.1) is 13.8 Å². The molecule has 1 atom stereocenters. The molecule has 11 nitrogen and oxygen atoms in total. The lowest BCUT2D eigenvalue weighted by molar-refractivity contribution is -0.139. The number of carbonyl (C=O) groups excluding carboxylic acids is 3. The number of ether oxygens (including phenoxy) is 3. The summed E-state index contributed by atoms with van der Waals surface area (Å²) >= 11 is 0. The minimum atomic E-state index is -0.759. The van der Waals surface area contributed by atoms with E-state index in [1.807, 2.05) is 19.9 Å². The Labute approximate surface area is 257 Å². The molecule has 11 heteroatoms. The number of hydrazone groups is 1. The summed E-state index contributed by atoms with van der Waals surface area (Å²) in [5.41, 5.74) is 9.03. The maximum atomic E-state index is 12.6. The van der Waals surface area contributed by atoms with Crippen molar-refractivity contribution in [3.8, 4) is 17.2 Å². The summed E-state index contributed by atoms with van der Waals surface area (Å²) in [6.45, 7) is 11.6. The number of aromatic nitrogens is 1. The van der Waals surface area contributed by atoms with Crippen LogP contribution >= 0.6 is 0 Å². The molecule has 1 aliphatic rings. The van der Waals surface area contributed by atoms with Gasteiger partial charge < -0.3 is 29.4 Å². The van der Waals surface area contributed by atoms with Crippen molar-refractivity contribution in [2.75, 3.05) is 20.3 Å². The topological polar surface area (TPSA) is 132 Å². The second kappa shape index (κ2) is 13.9. The van der Waals surface area contributed by atoms with E-state index in [1.165, 1.54) is 12.7 Å². The molecule has 3 N–H and O–H groups in total. The monoisotopic (exact) mass is 601 g/mol. The first-order chi connectivity index (χ1) is 21.0. The van der Waals surface area contributed by atoms with E-state index in [9.17, 15) is 14.4 Å². The summed E-state index contributed by atoms with van der Waals surface area (Å²) in [5, 5.41) is 9.48. The van der Waals surface area contributed by atoms with Gasteiger partial charge in [-0.2, -0.15) is 5.10 Å². The third kappa shape index (κ3) is 7.11. The Kier molecular flexibility index (Phi) is 10.1. The lowest BCUT2D eigenvalue weighted by Gasteiger charge is -2.28. The SMILES string of the molecule is CCOC(=O)C1=C(C)NC(=O)N[C@@H]1c1ccc(OCC(=O)N/N=C\c2cc(C)n(-c3ccc(C(C)C)cc3)c2C)c(OC)c1. The molecule has 2 aromatic carbocycles. The smallest absolute Gasteiger partial charge is 0.338 e. The van der Waals surface area contributed by atoms with Gasteiger partial charge in [0.25, 0.3) is 5.91 Å². The van der Waals surface area contributed by atoms with Crippen molar-refractivity contribution in [3.63, 3.8) is 0 Å². The van der Waals surface area contributed by atoms with Crippen molar-refractivity contribution >= 4 is 24.1 Å². The maximum Gasteiger partial charge on any atom is 0.338 e. The number of urea groups is 1. The van der Waals surface area contributed by atoms with Crippen LogP contribution in [-0.2, 0) is 14.3 Å². The second-order valence-corrected chi connectivity index (χ2v) is 10.7. The Morgan fingerprint density at radius 3 is 2.45 bits per heavy atom. The molecule has 1 aromatic heterocycles. The first-order valence-corrected chi connectivity index (χ1v) is 14.4. The molecule has 0 unspecified atom stereocenters. The van der Waals surface area contributed by atoms with Crippen molar-refractivity contribution in [2.45, 2.75) is 53.5 Å². The van der Waals surface area contributed by atoms with Gasteiger partial charge in [-0.15, -0.1) is 0 Å². The molecule has 0 saturated carbocycles. The van der Waals surface area contributed by atoms with Gasteiger partial charge in [0.05, 0.1) is 31.5 Å². The van der Waals surface area contributed by atoms with Crippen LogP contribution in [0.1, 0.15) is 67.7 Å². The molecule has 232 valence electrons. The predicted octanol–water partition coefficient (Wildman–Crippen LogP) is 4.95. The number of carbonyl (C=O) groups is 3. The predicted molar refractivity (Wildman–Crippen MR) is 167 cm³/mol. The summed E-state index contributed by atoms with van der Waals surface area (Å²) in [7, 11) is 1.46. The minimum absolute atomic E-state index is 0.192. The Morgan fingerprint density at radius 1 is 1.07 bits per heavy atom. The molecule has 2 heterocycles. The summed E-state index contributed by atoms with van der Waals surface area (Å²) in [4.78, 5) is 37.3. The molecule has 0 fully saturated rings. The molecule has 1 aliphatic heterocycles. The molecule has 0 saturated heterocycles. The largest absolute Gasteiger partial charge is 0.493 e. The van der Waals surface area contributed by atoms with Crippen LogP contribution < -0.4 is 25.5 Å². The van der Waals surface area contributed by atoms with Crippen molar-refractivity contribution in [1.29, 1.82) is 0 Å². The summed E-state index contributed by atoms with van der Waals surface area (Å²) in [5.74, 6) is 0.0887. The van der Waals surface area contributed by atoms with Crippen LogP contribution in [0.15, 0.2) is 64.9 Å². The van der Waals surface area contributed by atoms with E-state index in [-0.39, 0.29) is 18.8 Å². The summed E-state index contributed by atoms with van der Waals surface area (Å²) < 4.78 is 18.5. The number of nitrogens with zero attached hydrogens (tertiary/aromatic N) is 2. The number of benzene rings is 2. The number of rotatable bonds is 11. The van der Waals surface area contributed by atoms with E-state index in [0.717, 1.165) is 22.6 Å². The Morgan fingerprint density at radius 2 is 1.80 bits per heavy atom. The highest BCUT2D eigenvalue weighted by Gasteiger charge is 2.32. The molecule has 0 aliphatic carbocycles. The average molecular weight is 602 g/mol. The van der Waals surface area contributed by atoms with Crippen LogP contribution in [0.2, 0.25) is 0 Å². The van der Waals surface area contributed by atoms with Gasteiger partial charge in [-0.1, -0.05) is 32.0 Å². The van der Waals surface area contributed by atoms with Crippen LogP contribution in [0.25, 0.3) is 5.69 Å². The average Bonchev–Trinajstić information content (AvgIpc) is 3.27. The minimum Gasteiger partial charge on any atom is -0.493 e. The zero-order valence-corrected chi connectivity index (χ0v) is 26.1. The number of allylic oxidation sites excluding steroid dienone is 1. The highest BCUT2D eigenvalue weighted by molar-refractivity contribution is 5.95. The van der Waals surface area contributed by atoms with Crippen LogP contribution in [0.5, 0.6) is 11.5 Å². The molecule has 0 radical (unpaired) electrons. The number of amides is 3. The Hall–Kier alpha value is -5.06. The van der Waals surface area contributed by atoms with E-state index in [2.05, 4.69) is 63.8 Å². The Bertz CT molecular complexity index is 1600. The second-order valence-electron chi connectivity index (χ2n) is 10.7. The molecule has 3 aromatic rings. The maximum absolute atomic E-state index is 12.6. The van der Waals surface area contributed by atoms with E-state index < -0.39 is 23.9 Å². The third-order valence-electron chi connectivity index (χ3n) is 7.33. The lowest BCUT2D eigenvalue weighted by atomic mass is 9.95. The standard InChI is InChI=1S/C33H39N5O6/c1-8-43-32(40)30-21(5)35-33(41)36-31(30)24-11-14-27(28(16-24)42-7)44-18-29(39)37-34-17-25-15-20(4)38(22(25)6)26-12-9-23(10-13-26)19(2)3/h9-17,19,31H,8,18H2,1-7H3,(H,37,39)(H2,35,36,41)/b34-17-/t31-/m1/s1. The zero-order valence-electron chi connectivity index (χ0n) is 26.1. The van der Waals surface area contributed by atoms with Crippen molar-refractivity contribution < 1.29 is 28.6 Å². The van der Waals surface area contributed by atoms with Crippen LogP contribution in [0.4, 0.5) is 4.79 Å². The number of nitrogens with one attached hydrogen (secondary N) is 3. The molecule has 3 amide bonds. The number of methoxy groups -OCH3 is 1. The van der Waals surface area contributed by atoms with Crippen LogP contribution in [0.3, 0.4) is 0 Å². The van der Waals surface area contributed by atoms with Crippen molar-refractivity contribution in [2.24, 2.45) is 5.10 Å². The zero-order chi connectivity index (χ0) is 32.0. The highest BCUT2D eigenvalue weighted by atomic mass is 16.5. The summed E-state index contributed by atoms with van der Waals surface area (Å²) in [6, 6.07) is 14.2. The van der Waals surface area contributed by atoms with Gasteiger partial charge in [-0.05, 0) is 75.1 Å². The number of esters is 1. The third-order valence-corrected chi connectivity index (χ3v) is 7.33. The van der Waals surface area contributed by atoms with Gasteiger partial charge in [0.2, 0.25) is 0 Å². The fraction of sp³-hybridized carbons (Fsp3) is 0.333. The highest BCUT2D eigenvalue weighted by Crippen LogP contribution is 2.34. The van der Waals surface area contributed by atoms with Crippen LogP contribution in [-0.4, -0.2) is 49.0 Å². The van der Waals surface area contributed by atoms with Gasteiger partial charge in [0.15, 0.2) is 18.1 Å². The molecule has 0 spiro atoms. The van der Waals surface area contributed by atoms with Gasteiger partial charge in [0.1, 0.15) is 0 Å². The fourth-order valence-electron chi connectivity index (χ4n) is 5.08. The summed E-state index contributed by atoms with van der Waals surface area (Å²) in [6.07, 6.45) is 1.61. The molecule has 44 heavy (non-hydrogen) atoms.